The third kappa shape index (κ3) is 5.37. The molecule has 1 fully saturated rings. The molecule has 154 valence electrons. The third-order valence-electron chi connectivity index (χ3n) is 4.70. The van der Waals surface area contributed by atoms with E-state index in [1.54, 1.807) is 0 Å². The number of benzene rings is 1. The molecule has 0 bridgehead atoms. The van der Waals surface area contributed by atoms with Crippen LogP contribution >= 0.6 is 0 Å². The van der Waals surface area contributed by atoms with Gasteiger partial charge in [-0.2, -0.15) is 0 Å². The second-order valence-corrected chi connectivity index (χ2v) is 7.28. The van der Waals surface area contributed by atoms with Crippen molar-refractivity contribution in [3.8, 4) is 11.5 Å². The van der Waals surface area contributed by atoms with Crippen LogP contribution in [0.1, 0.15) is 56.3 Å². The number of rotatable bonds is 8. The zero-order chi connectivity index (χ0) is 20.7. The van der Waals surface area contributed by atoms with Crippen molar-refractivity contribution < 1.29 is 29.0 Å². The lowest BCUT2D eigenvalue weighted by molar-refractivity contribution is -0.146. The average Bonchev–Trinajstić information content (AvgIpc) is 2.66. The Hall–Kier alpha value is -2.77. The van der Waals surface area contributed by atoms with Crippen LogP contribution in [-0.2, 0) is 9.59 Å². The predicted molar refractivity (Wildman–Crippen MR) is 103 cm³/mol. The van der Waals surface area contributed by atoms with Crippen LogP contribution in [-0.4, -0.2) is 48.2 Å². The van der Waals surface area contributed by atoms with Crippen molar-refractivity contribution in [2.24, 2.45) is 0 Å². The van der Waals surface area contributed by atoms with Gasteiger partial charge in [0.2, 0.25) is 0 Å². The number of aliphatic carboxylic acids is 1. The third-order valence-corrected chi connectivity index (χ3v) is 4.70. The monoisotopic (exact) mass is 392 g/mol. The van der Waals surface area contributed by atoms with Gasteiger partial charge < -0.3 is 25.2 Å². The highest BCUT2D eigenvalue weighted by molar-refractivity contribution is 5.98. The first-order valence-corrected chi connectivity index (χ1v) is 9.43. The van der Waals surface area contributed by atoms with E-state index in [1.165, 1.54) is 25.3 Å². The predicted octanol–water partition coefficient (Wildman–Crippen LogP) is 2.12. The highest BCUT2D eigenvalue weighted by Gasteiger charge is 2.41. The second kappa shape index (κ2) is 9.43. The van der Waals surface area contributed by atoms with Crippen LogP contribution in [0.4, 0.5) is 0 Å². The molecule has 0 heterocycles. The largest absolute Gasteiger partial charge is 0.493 e. The van der Waals surface area contributed by atoms with Crippen molar-refractivity contribution in [3.63, 3.8) is 0 Å². The van der Waals surface area contributed by atoms with Crippen molar-refractivity contribution in [1.82, 2.24) is 10.6 Å². The molecule has 1 aromatic rings. The van der Waals surface area contributed by atoms with Gasteiger partial charge in [-0.3, -0.25) is 9.59 Å². The summed E-state index contributed by atoms with van der Waals surface area (Å²) in [6, 6.07) is 4.53. The minimum Gasteiger partial charge on any atom is -0.493 e. The van der Waals surface area contributed by atoms with E-state index in [4.69, 9.17) is 9.47 Å². The molecule has 1 saturated carbocycles. The van der Waals surface area contributed by atoms with E-state index >= 15 is 0 Å². The molecule has 0 aromatic heterocycles. The van der Waals surface area contributed by atoms with E-state index in [0.29, 0.717) is 18.6 Å². The van der Waals surface area contributed by atoms with Crippen molar-refractivity contribution in [1.29, 1.82) is 0 Å². The number of carbonyl (C=O) groups excluding carboxylic acids is 2. The van der Waals surface area contributed by atoms with Gasteiger partial charge in [-0.1, -0.05) is 19.3 Å². The molecule has 0 atom stereocenters. The molecule has 1 aliphatic rings. The Morgan fingerprint density at radius 3 is 2.39 bits per heavy atom. The van der Waals surface area contributed by atoms with Gasteiger partial charge in [0.1, 0.15) is 5.54 Å². The molecule has 0 spiro atoms. The number of methoxy groups -OCH3 is 1. The van der Waals surface area contributed by atoms with E-state index in [2.05, 4.69) is 10.6 Å². The molecule has 0 aliphatic heterocycles. The van der Waals surface area contributed by atoms with Crippen LogP contribution in [0.3, 0.4) is 0 Å². The summed E-state index contributed by atoms with van der Waals surface area (Å²) in [4.78, 5) is 36.1. The van der Waals surface area contributed by atoms with Gasteiger partial charge >= 0.3 is 5.97 Å². The van der Waals surface area contributed by atoms with Crippen LogP contribution in [0, 0.1) is 0 Å². The number of carbonyl (C=O) groups is 3. The maximum Gasteiger partial charge on any atom is 0.329 e. The standard InChI is InChI=1S/C20H28N2O6/c1-13(2)21-17(23)12-28-15-8-7-14(11-16(15)27-3)18(24)22-20(19(25)26)9-5-4-6-10-20/h7-8,11,13H,4-6,9-10,12H2,1-3H3,(H,21,23)(H,22,24)(H,25,26). The Labute approximate surface area is 164 Å². The number of carboxylic acids is 1. The minimum absolute atomic E-state index is 0.00501. The van der Waals surface area contributed by atoms with Crippen molar-refractivity contribution >= 4 is 17.8 Å². The van der Waals surface area contributed by atoms with E-state index in [0.717, 1.165) is 19.3 Å². The molecule has 0 radical (unpaired) electrons. The fourth-order valence-electron chi connectivity index (χ4n) is 3.27. The first-order valence-electron chi connectivity index (χ1n) is 9.43. The fraction of sp³-hybridized carbons (Fsp3) is 0.550. The quantitative estimate of drug-likeness (QED) is 0.624. The van der Waals surface area contributed by atoms with Gasteiger partial charge in [-0.25, -0.2) is 4.79 Å². The Morgan fingerprint density at radius 1 is 1.14 bits per heavy atom. The number of carboxylic acid groups (broad SMARTS) is 1. The normalized spacial score (nSPS) is 15.6. The molecule has 1 aromatic carbocycles. The molecule has 8 heteroatoms. The first-order chi connectivity index (χ1) is 13.3. The van der Waals surface area contributed by atoms with Gasteiger partial charge in [0.15, 0.2) is 18.1 Å². The zero-order valence-electron chi connectivity index (χ0n) is 16.5. The summed E-state index contributed by atoms with van der Waals surface area (Å²) < 4.78 is 10.7. The summed E-state index contributed by atoms with van der Waals surface area (Å²) in [5.41, 5.74) is -0.964. The van der Waals surface area contributed by atoms with Gasteiger partial charge in [0, 0.05) is 11.6 Å². The summed E-state index contributed by atoms with van der Waals surface area (Å²) in [6.45, 7) is 3.52. The molecule has 3 N–H and O–H groups in total. The van der Waals surface area contributed by atoms with E-state index < -0.39 is 17.4 Å². The Bertz CT molecular complexity index is 725. The number of nitrogens with one attached hydrogen (secondary N) is 2. The van der Waals surface area contributed by atoms with Crippen LogP contribution in [0.15, 0.2) is 18.2 Å². The van der Waals surface area contributed by atoms with Crippen LogP contribution in [0.25, 0.3) is 0 Å². The Balaban J connectivity index is 2.10. The fourth-order valence-corrected chi connectivity index (χ4v) is 3.27. The second-order valence-electron chi connectivity index (χ2n) is 7.28. The van der Waals surface area contributed by atoms with Gasteiger partial charge in [0.05, 0.1) is 7.11 Å². The maximum absolute atomic E-state index is 12.7. The zero-order valence-corrected chi connectivity index (χ0v) is 16.5. The van der Waals surface area contributed by atoms with Crippen molar-refractivity contribution in [2.45, 2.75) is 57.5 Å². The summed E-state index contributed by atoms with van der Waals surface area (Å²) in [6.07, 6.45) is 3.33. The number of hydrogen-bond acceptors (Lipinski definition) is 5. The van der Waals surface area contributed by atoms with Gasteiger partial charge in [-0.05, 0) is 44.9 Å². The first kappa shape index (κ1) is 21.5. The Morgan fingerprint density at radius 2 is 1.82 bits per heavy atom. The maximum atomic E-state index is 12.7. The topological polar surface area (TPSA) is 114 Å². The van der Waals surface area contributed by atoms with E-state index in [1.807, 2.05) is 13.8 Å². The number of hydrogen-bond donors (Lipinski definition) is 3. The van der Waals surface area contributed by atoms with Crippen molar-refractivity contribution in [2.75, 3.05) is 13.7 Å². The summed E-state index contributed by atoms with van der Waals surface area (Å²) in [5.74, 6) is -1.14. The van der Waals surface area contributed by atoms with E-state index in [9.17, 15) is 19.5 Å². The lowest BCUT2D eigenvalue weighted by atomic mass is 9.81. The van der Waals surface area contributed by atoms with Gasteiger partial charge in [-0.15, -0.1) is 0 Å². The summed E-state index contributed by atoms with van der Waals surface area (Å²) in [5, 5.41) is 15.0. The van der Waals surface area contributed by atoms with Crippen LogP contribution < -0.4 is 20.1 Å². The van der Waals surface area contributed by atoms with E-state index in [-0.39, 0.29) is 29.9 Å². The molecule has 2 amide bonds. The lowest BCUT2D eigenvalue weighted by Crippen LogP contribution is -2.55. The summed E-state index contributed by atoms with van der Waals surface area (Å²) in [7, 11) is 1.43. The lowest BCUT2D eigenvalue weighted by Gasteiger charge is -2.34. The van der Waals surface area contributed by atoms with Crippen LogP contribution in [0.5, 0.6) is 11.5 Å². The number of amides is 2. The minimum atomic E-state index is -1.23. The van der Waals surface area contributed by atoms with Crippen molar-refractivity contribution in [3.05, 3.63) is 23.8 Å². The molecule has 1 aliphatic carbocycles. The molecule has 0 saturated heterocycles. The van der Waals surface area contributed by atoms with Gasteiger partial charge in [0.25, 0.3) is 11.8 Å². The molecule has 2 rings (SSSR count). The smallest absolute Gasteiger partial charge is 0.329 e. The molecule has 8 nitrogen and oxygen atoms in total. The summed E-state index contributed by atoms with van der Waals surface area (Å²) >= 11 is 0. The molecular weight excluding hydrogens is 364 g/mol. The molecular formula is C20H28N2O6. The average molecular weight is 392 g/mol. The highest BCUT2D eigenvalue weighted by Crippen LogP contribution is 2.31. The molecule has 0 unspecified atom stereocenters. The molecule has 28 heavy (non-hydrogen) atoms. The van der Waals surface area contributed by atoms with Crippen LogP contribution in [0.2, 0.25) is 0 Å². The number of ether oxygens (including phenoxy) is 2. The Kier molecular flexibility index (Phi) is 7.25. The highest BCUT2D eigenvalue weighted by atomic mass is 16.5. The SMILES string of the molecule is COc1cc(C(=O)NC2(C(=O)O)CCCCC2)ccc1OCC(=O)NC(C)C.